The second-order valence-corrected chi connectivity index (χ2v) is 8.72. The first-order valence-electron chi connectivity index (χ1n) is 10.3. The first-order chi connectivity index (χ1) is 14.7. The molecule has 1 aromatic carbocycles. The molecule has 9 nitrogen and oxygen atoms in total. The SMILES string of the molecule is CCCN(Cc1nc2cc(Cl)ccc2c(=O)[nH]1)C(=O)CN1C(=O)N[C@](C)(C2CC2)C1=O. The van der Waals surface area contributed by atoms with Gasteiger partial charge in [-0.1, -0.05) is 18.5 Å². The van der Waals surface area contributed by atoms with E-state index >= 15 is 0 Å². The number of nitrogens with one attached hydrogen (secondary N) is 2. The van der Waals surface area contributed by atoms with E-state index in [0.717, 1.165) is 17.7 Å². The van der Waals surface area contributed by atoms with E-state index < -0.39 is 11.6 Å². The smallest absolute Gasteiger partial charge is 0.325 e. The van der Waals surface area contributed by atoms with Crippen LogP contribution in [0, 0.1) is 5.92 Å². The van der Waals surface area contributed by atoms with Crippen LogP contribution < -0.4 is 10.9 Å². The molecule has 1 aliphatic heterocycles. The van der Waals surface area contributed by atoms with Crippen molar-refractivity contribution in [2.24, 2.45) is 5.92 Å². The van der Waals surface area contributed by atoms with Crippen molar-refractivity contribution in [3.8, 4) is 0 Å². The van der Waals surface area contributed by atoms with Crippen LogP contribution in [0.5, 0.6) is 0 Å². The van der Waals surface area contributed by atoms with Crippen LogP contribution in [0.4, 0.5) is 4.79 Å². The van der Waals surface area contributed by atoms with Gasteiger partial charge < -0.3 is 15.2 Å². The zero-order valence-electron chi connectivity index (χ0n) is 17.4. The quantitative estimate of drug-likeness (QED) is 0.633. The molecule has 31 heavy (non-hydrogen) atoms. The van der Waals surface area contributed by atoms with E-state index in [-0.39, 0.29) is 36.4 Å². The van der Waals surface area contributed by atoms with E-state index in [9.17, 15) is 19.2 Å². The molecular weight excluding hydrogens is 422 g/mol. The minimum absolute atomic E-state index is 0.0495. The Bertz CT molecular complexity index is 1130. The molecule has 0 radical (unpaired) electrons. The summed E-state index contributed by atoms with van der Waals surface area (Å²) < 4.78 is 0. The second kappa shape index (κ2) is 7.96. The maximum atomic E-state index is 13.0. The maximum Gasteiger partial charge on any atom is 0.325 e. The predicted molar refractivity (Wildman–Crippen MR) is 114 cm³/mol. The molecule has 4 rings (SSSR count). The Morgan fingerprint density at radius 2 is 2.06 bits per heavy atom. The highest BCUT2D eigenvalue weighted by molar-refractivity contribution is 6.31. The van der Waals surface area contributed by atoms with Crippen molar-refractivity contribution >= 4 is 40.3 Å². The summed E-state index contributed by atoms with van der Waals surface area (Å²) in [4.78, 5) is 60.2. The van der Waals surface area contributed by atoms with E-state index in [1.165, 1.54) is 4.90 Å². The number of rotatable bonds is 7. The number of urea groups is 1. The van der Waals surface area contributed by atoms with Crippen molar-refractivity contribution in [1.29, 1.82) is 0 Å². The summed E-state index contributed by atoms with van der Waals surface area (Å²) in [5.74, 6) is -0.327. The third-order valence-electron chi connectivity index (χ3n) is 5.89. The lowest BCUT2D eigenvalue weighted by molar-refractivity contribution is -0.139. The number of carbonyl (C=O) groups excluding carboxylic acids is 3. The molecule has 2 heterocycles. The molecule has 10 heteroatoms. The fourth-order valence-corrected chi connectivity index (χ4v) is 4.18. The molecule has 2 N–H and O–H groups in total. The van der Waals surface area contributed by atoms with Crippen LogP contribution in [-0.2, 0) is 16.1 Å². The van der Waals surface area contributed by atoms with Crippen molar-refractivity contribution in [2.45, 2.75) is 45.2 Å². The summed E-state index contributed by atoms with van der Waals surface area (Å²) in [6, 6.07) is 4.25. The average Bonchev–Trinajstić information content (AvgIpc) is 3.53. The fourth-order valence-electron chi connectivity index (χ4n) is 4.01. The van der Waals surface area contributed by atoms with Gasteiger partial charge in [-0.2, -0.15) is 0 Å². The van der Waals surface area contributed by atoms with Gasteiger partial charge in [-0.15, -0.1) is 0 Å². The molecule has 1 atom stereocenters. The number of aromatic amines is 1. The average molecular weight is 446 g/mol. The summed E-state index contributed by atoms with van der Waals surface area (Å²) in [6.45, 7) is 3.72. The number of imide groups is 1. The van der Waals surface area contributed by atoms with Crippen LogP contribution in [0.15, 0.2) is 23.0 Å². The number of hydrogen-bond acceptors (Lipinski definition) is 5. The van der Waals surface area contributed by atoms with Crippen molar-refractivity contribution < 1.29 is 14.4 Å². The number of amides is 4. The molecule has 0 spiro atoms. The lowest BCUT2D eigenvalue weighted by atomic mass is 9.96. The number of halogens is 1. The summed E-state index contributed by atoms with van der Waals surface area (Å²) >= 11 is 6.01. The molecule has 1 saturated heterocycles. The van der Waals surface area contributed by atoms with Crippen LogP contribution in [0.3, 0.4) is 0 Å². The Balaban J connectivity index is 1.53. The molecule has 2 fully saturated rings. The highest BCUT2D eigenvalue weighted by Gasteiger charge is 2.56. The molecule has 164 valence electrons. The predicted octanol–water partition coefficient (Wildman–Crippen LogP) is 2.04. The zero-order valence-corrected chi connectivity index (χ0v) is 18.2. The molecular formula is C21H24ClN5O4. The van der Waals surface area contributed by atoms with Crippen molar-refractivity contribution in [3.63, 3.8) is 0 Å². The fraction of sp³-hybridized carbons (Fsp3) is 0.476. The van der Waals surface area contributed by atoms with Gasteiger partial charge in [0.2, 0.25) is 5.91 Å². The van der Waals surface area contributed by atoms with Gasteiger partial charge in [0.25, 0.3) is 11.5 Å². The van der Waals surface area contributed by atoms with Crippen LogP contribution >= 0.6 is 11.6 Å². The molecule has 2 aromatic rings. The standard InChI is InChI=1S/C21H24ClN5O4/c1-3-8-26(10-16-23-15-9-13(22)6-7-14(15)18(29)24-16)17(28)11-27-19(30)21(2,12-4-5-12)25-20(27)31/h6-7,9,12H,3-5,8,10-11H2,1-2H3,(H,25,31)(H,23,24,29)/t21-/m1/s1. The first kappa shape index (κ1) is 21.3. The van der Waals surface area contributed by atoms with E-state index in [0.29, 0.717) is 34.7 Å². The summed E-state index contributed by atoms with van der Waals surface area (Å²) in [5.41, 5.74) is -0.823. The molecule has 4 amide bonds. The molecule has 1 saturated carbocycles. The molecule has 2 aliphatic rings. The van der Waals surface area contributed by atoms with Crippen LogP contribution in [0.25, 0.3) is 10.9 Å². The van der Waals surface area contributed by atoms with E-state index in [2.05, 4.69) is 15.3 Å². The summed E-state index contributed by atoms with van der Waals surface area (Å²) in [5, 5.41) is 3.60. The normalized spacial score (nSPS) is 20.9. The van der Waals surface area contributed by atoms with Gasteiger partial charge in [0.05, 0.1) is 17.4 Å². The van der Waals surface area contributed by atoms with Crippen LogP contribution in [-0.4, -0.2) is 56.2 Å². The van der Waals surface area contributed by atoms with E-state index in [4.69, 9.17) is 11.6 Å². The van der Waals surface area contributed by atoms with E-state index in [1.54, 1.807) is 25.1 Å². The van der Waals surface area contributed by atoms with Gasteiger partial charge >= 0.3 is 6.03 Å². The van der Waals surface area contributed by atoms with Gasteiger partial charge in [-0.05, 0) is 50.3 Å². The highest BCUT2D eigenvalue weighted by Crippen LogP contribution is 2.42. The number of fused-ring (bicyclic) bond motifs is 1. The molecule has 1 aliphatic carbocycles. The Morgan fingerprint density at radius 1 is 1.32 bits per heavy atom. The maximum absolute atomic E-state index is 13.0. The minimum atomic E-state index is -0.933. The van der Waals surface area contributed by atoms with Gasteiger partial charge in [-0.25, -0.2) is 9.78 Å². The number of hydrogen-bond donors (Lipinski definition) is 2. The third kappa shape index (κ3) is 4.01. The largest absolute Gasteiger partial charge is 0.334 e. The molecule has 0 unspecified atom stereocenters. The van der Waals surface area contributed by atoms with Gasteiger partial charge in [0, 0.05) is 11.6 Å². The minimum Gasteiger partial charge on any atom is -0.334 e. The number of H-pyrrole nitrogens is 1. The first-order valence-corrected chi connectivity index (χ1v) is 10.7. The lowest BCUT2D eigenvalue weighted by Crippen LogP contribution is -2.47. The Labute approximate surface area is 183 Å². The third-order valence-corrected chi connectivity index (χ3v) is 6.13. The number of aromatic nitrogens is 2. The van der Waals surface area contributed by atoms with Crippen LogP contribution in [0.2, 0.25) is 5.02 Å². The molecule has 0 bridgehead atoms. The second-order valence-electron chi connectivity index (χ2n) is 8.29. The van der Waals surface area contributed by atoms with E-state index in [1.807, 2.05) is 6.92 Å². The molecule has 1 aromatic heterocycles. The summed E-state index contributed by atoms with van der Waals surface area (Å²) in [6.07, 6.45) is 2.43. The van der Waals surface area contributed by atoms with Gasteiger partial charge in [-0.3, -0.25) is 19.3 Å². The highest BCUT2D eigenvalue weighted by atomic mass is 35.5. The summed E-state index contributed by atoms with van der Waals surface area (Å²) in [7, 11) is 0. The monoisotopic (exact) mass is 445 g/mol. The van der Waals surface area contributed by atoms with Gasteiger partial charge in [0.15, 0.2) is 0 Å². The Morgan fingerprint density at radius 3 is 2.74 bits per heavy atom. The lowest BCUT2D eigenvalue weighted by Gasteiger charge is -2.24. The Kier molecular flexibility index (Phi) is 5.47. The van der Waals surface area contributed by atoms with Crippen LogP contribution in [0.1, 0.15) is 38.9 Å². The van der Waals surface area contributed by atoms with Crippen molar-refractivity contribution in [2.75, 3.05) is 13.1 Å². The van der Waals surface area contributed by atoms with Crippen molar-refractivity contribution in [3.05, 3.63) is 39.4 Å². The zero-order chi connectivity index (χ0) is 22.3. The number of carbonyl (C=O) groups is 3. The Hall–Kier alpha value is -2.94. The number of nitrogens with zero attached hydrogens (tertiary/aromatic N) is 3. The van der Waals surface area contributed by atoms with Gasteiger partial charge in [0.1, 0.15) is 17.9 Å². The number of benzene rings is 1. The topological polar surface area (TPSA) is 115 Å². The van der Waals surface area contributed by atoms with Crippen molar-refractivity contribution in [1.82, 2.24) is 25.1 Å².